The number of nitrogens with zero attached hydrogens (tertiary/aromatic N) is 4. The Labute approximate surface area is 137 Å². The van der Waals surface area contributed by atoms with Gasteiger partial charge < -0.3 is 4.74 Å². The van der Waals surface area contributed by atoms with Crippen molar-refractivity contribution in [3.8, 4) is 5.88 Å². The van der Waals surface area contributed by atoms with E-state index in [9.17, 15) is 0 Å². The molecule has 0 spiro atoms. The summed E-state index contributed by atoms with van der Waals surface area (Å²) >= 11 is 0. The van der Waals surface area contributed by atoms with E-state index in [1.54, 1.807) is 6.20 Å². The molecule has 5 nitrogen and oxygen atoms in total. The fourth-order valence-corrected chi connectivity index (χ4v) is 2.86. The quantitative estimate of drug-likeness (QED) is 0.849. The molecule has 0 saturated heterocycles. The normalized spacial score (nSPS) is 14.8. The maximum Gasteiger partial charge on any atom is 0.217 e. The van der Waals surface area contributed by atoms with Crippen LogP contribution >= 0.6 is 0 Å². The van der Waals surface area contributed by atoms with Crippen molar-refractivity contribution in [2.45, 2.75) is 46.2 Å². The van der Waals surface area contributed by atoms with Gasteiger partial charge in [-0.15, -0.1) is 0 Å². The number of pyridine rings is 1. The van der Waals surface area contributed by atoms with Crippen molar-refractivity contribution in [3.63, 3.8) is 0 Å². The van der Waals surface area contributed by atoms with Gasteiger partial charge in [0.05, 0.1) is 6.61 Å². The maximum atomic E-state index is 5.63. The molecule has 0 bridgehead atoms. The highest BCUT2D eigenvalue weighted by Crippen LogP contribution is 2.23. The summed E-state index contributed by atoms with van der Waals surface area (Å²) in [6.07, 6.45) is 4.75. The van der Waals surface area contributed by atoms with E-state index in [1.807, 2.05) is 19.2 Å². The fraction of sp³-hybridized carbons (Fsp3) is 0.500. The molecule has 0 N–H and O–H groups in total. The molecular formula is C18H24N4O. The summed E-state index contributed by atoms with van der Waals surface area (Å²) in [6, 6.07) is 4.06. The molecule has 1 aliphatic rings. The van der Waals surface area contributed by atoms with Gasteiger partial charge in [-0.2, -0.15) is 0 Å². The monoisotopic (exact) mass is 312 g/mol. The van der Waals surface area contributed by atoms with Gasteiger partial charge in [0.25, 0.3) is 0 Å². The Morgan fingerprint density at radius 1 is 1.30 bits per heavy atom. The van der Waals surface area contributed by atoms with E-state index in [2.05, 4.69) is 34.8 Å². The molecule has 1 aliphatic heterocycles. The zero-order valence-corrected chi connectivity index (χ0v) is 14.1. The molecule has 0 saturated carbocycles. The van der Waals surface area contributed by atoms with Gasteiger partial charge in [-0.25, -0.2) is 15.0 Å². The second-order valence-corrected chi connectivity index (χ2v) is 6.22. The molecule has 122 valence electrons. The van der Waals surface area contributed by atoms with Crippen molar-refractivity contribution in [3.05, 3.63) is 47.2 Å². The zero-order chi connectivity index (χ0) is 16.2. The first-order valence-corrected chi connectivity index (χ1v) is 8.31. The molecule has 3 heterocycles. The van der Waals surface area contributed by atoms with E-state index in [0.717, 1.165) is 43.3 Å². The molecule has 2 aromatic rings. The van der Waals surface area contributed by atoms with Crippen LogP contribution in [0.25, 0.3) is 0 Å². The summed E-state index contributed by atoms with van der Waals surface area (Å²) in [6.45, 7) is 9.62. The smallest absolute Gasteiger partial charge is 0.217 e. The summed E-state index contributed by atoms with van der Waals surface area (Å²) in [4.78, 5) is 16.0. The summed E-state index contributed by atoms with van der Waals surface area (Å²) in [5.41, 5.74) is 3.58. The number of aromatic nitrogens is 3. The van der Waals surface area contributed by atoms with E-state index in [4.69, 9.17) is 9.72 Å². The third kappa shape index (κ3) is 3.67. The lowest BCUT2D eigenvalue weighted by Crippen LogP contribution is -2.31. The average molecular weight is 312 g/mol. The molecule has 0 unspecified atom stereocenters. The van der Waals surface area contributed by atoms with Crippen LogP contribution in [0.4, 0.5) is 0 Å². The Bertz CT molecular complexity index is 672. The lowest BCUT2D eigenvalue weighted by molar-refractivity contribution is 0.234. The van der Waals surface area contributed by atoms with E-state index in [0.29, 0.717) is 12.5 Å². The third-order valence-corrected chi connectivity index (χ3v) is 4.07. The average Bonchev–Trinajstić information content (AvgIpc) is 2.56. The van der Waals surface area contributed by atoms with Crippen molar-refractivity contribution >= 4 is 0 Å². The molecule has 5 heteroatoms. The summed E-state index contributed by atoms with van der Waals surface area (Å²) < 4.78 is 5.63. The van der Waals surface area contributed by atoms with Crippen LogP contribution in [0.5, 0.6) is 5.88 Å². The van der Waals surface area contributed by atoms with Gasteiger partial charge >= 0.3 is 0 Å². The number of fused-ring (bicyclic) bond motifs is 1. The molecule has 23 heavy (non-hydrogen) atoms. The highest BCUT2D eigenvalue weighted by Gasteiger charge is 2.20. The predicted molar refractivity (Wildman–Crippen MR) is 89.3 cm³/mol. The Hall–Kier alpha value is -2.01. The minimum absolute atomic E-state index is 0.377. The molecular weight excluding hydrogens is 288 g/mol. The zero-order valence-electron chi connectivity index (χ0n) is 14.1. The molecule has 0 radical (unpaired) electrons. The topological polar surface area (TPSA) is 51.1 Å². The predicted octanol–water partition coefficient (Wildman–Crippen LogP) is 2.95. The molecule has 0 aliphatic carbocycles. The number of rotatable bonds is 5. The molecule has 0 atom stereocenters. The van der Waals surface area contributed by atoms with E-state index in [-0.39, 0.29) is 0 Å². The second-order valence-electron chi connectivity index (χ2n) is 6.22. The van der Waals surface area contributed by atoms with Gasteiger partial charge in [0.15, 0.2) is 0 Å². The van der Waals surface area contributed by atoms with Gasteiger partial charge in [0.1, 0.15) is 5.82 Å². The summed E-state index contributed by atoms with van der Waals surface area (Å²) in [7, 11) is 0. The van der Waals surface area contributed by atoms with Crippen LogP contribution in [-0.4, -0.2) is 33.0 Å². The summed E-state index contributed by atoms with van der Waals surface area (Å²) in [5.74, 6) is 2.07. The Kier molecular flexibility index (Phi) is 4.86. The molecule has 0 fully saturated rings. The van der Waals surface area contributed by atoms with E-state index >= 15 is 0 Å². The van der Waals surface area contributed by atoms with Gasteiger partial charge in [0, 0.05) is 61.2 Å². The SMILES string of the molecule is CCOc1ncccc1CN1CCc2nc(C(C)C)ncc2C1. The lowest BCUT2D eigenvalue weighted by atomic mass is 10.1. The third-order valence-electron chi connectivity index (χ3n) is 4.07. The van der Waals surface area contributed by atoms with Gasteiger partial charge in [-0.3, -0.25) is 4.90 Å². The van der Waals surface area contributed by atoms with Crippen LogP contribution in [0.2, 0.25) is 0 Å². The lowest BCUT2D eigenvalue weighted by Gasteiger charge is -2.28. The van der Waals surface area contributed by atoms with Crippen molar-refractivity contribution in [1.82, 2.24) is 19.9 Å². The first kappa shape index (κ1) is 15.9. The first-order chi connectivity index (χ1) is 11.2. The second kappa shape index (κ2) is 7.04. The van der Waals surface area contributed by atoms with Gasteiger partial charge in [-0.05, 0) is 13.0 Å². The Balaban J connectivity index is 1.73. The standard InChI is InChI=1S/C18H24N4O/c1-4-23-18-14(6-5-8-19-18)11-22-9-7-16-15(12-22)10-20-17(21-16)13(2)3/h5-6,8,10,13H,4,7,9,11-12H2,1-3H3. The number of hydrogen-bond donors (Lipinski definition) is 0. The van der Waals surface area contributed by atoms with Crippen LogP contribution < -0.4 is 4.74 Å². The van der Waals surface area contributed by atoms with Crippen molar-refractivity contribution in [1.29, 1.82) is 0 Å². The van der Waals surface area contributed by atoms with Crippen molar-refractivity contribution < 1.29 is 4.74 Å². The Morgan fingerprint density at radius 2 is 2.17 bits per heavy atom. The number of hydrogen-bond acceptors (Lipinski definition) is 5. The number of ether oxygens (including phenoxy) is 1. The summed E-state index contributed by atoms with van der Waals surface area (Å²) in [5, 5.41) is 0. The maximum absolute atomic E-state index is 5.63. The first-order valence-electron chi connectivity index (χ1n) is 8.31. The molecule has 3 rings (SSSR count). The van der Waals surface area contributed by atoms with Crippen molar-refractivity contribution in [2.75, 3.05) is 13.2 Å². The van der Waals surface area contributed by atoms with E-state index in [1.165, 1.54) is 11.3 Å². The van der Waals surface area contributed by atoms with Crippen LogP contribution in [0.1, 0.15) is 49.3 Å². The molecule has 0 aromatic carbocycles. The highest BCUT2D eigenvalue weighted by molar-refractivity contribution is 5.27. The highest BCUT2D eigenvalue weighted by atomic mass is 16.5. The van der Waals surface area contributed by atoms with Crippen LogP contribution in [0.15, 0.2) is 24.5 Å². The van der Waals surface area contributed by atoms with E-state index < -0.39 is 0 Å². The van der Waals surface area contributed by atoms with Crippen LogP contribution in [0, 0.1) is 0 Å². The Morgan fingerprint density at radius 3 is 2.96 bits per heavy atom. The largest absolute Gasteiger partial charge is 0.478 e. The van der Waals surface area contributed by atoms with Gasteiger partial charge in [-0.1, -0.05) is 19.9 Å². The minimum atomic E-state index is 0.377. The van der Waals surface area contributed by atoms with Crippen LogP contribution in [-0.2, 0) is 19.5 Å². The fourth-order valence-electron chi connectivity index (χ4n) is 2.86. The van der Waals surface area contributed by atoms with Gasteiger partial charge in [0.2, 0.25) is 5.88 Å². The van der Waals surface area contributed by atoms with Crippen LogP contribution in [0.3, 0.4) is 0 Å². The molecule has 0 amide bonds. The van der Waals surface area contributed by atoms with Crippen molar-refractivity contribution in [2.24, 2.45) is 0 Å². The minimum Gasteiger partial charge on any atom is -0.478 e. The molecule has 2 aromatic heterocycles.